The molecular formula is C13H19N5. The second-order valence-corrected chi connectivity index (χ2v) is 5.00. The van der Waals surface area contributed by atoms with Gasteiger partial charge in [0.25, 0.3) is 0 Å². The van der Waals surface area contributed by atoms with E-state index in [-0.39, 0.29) is 0 Å². The van der Waals surface area contributed by atoms with E-state index in [2.05, 4.69) is 37.7 Å². The summed E-state index contributed by atoms with van der Waals surface area (Å²) in [7, 11) is 2.22. The lowest BCUT2D eigenvalue weighted by Crippen LogP contribution is -2.39. The van der Waals surface area contributed by atoms with Crippen molar-refractivity contribution in [1.82, 2.24) is 24.4 Å². The number of aromatic nitrogens is 4. The number of nitrogens with one attached hydrogen (secondary N) is 1. The summed E-state index contributed by atoms with van der Waals surface area (Å²) in [5.74, 6) is 0.978. The number of rotatable bonds is 3. The Kier molecular flexibility index (Phi) is 3.15. The molecule has 1 unspecified atom stereocenters. The van der Waals surface area contributed by atoms with Gasteiger partial charge in [0.2, 0.25) is 0 Å². The smallest absolute Gasteiger partial charge is 0.158 e. The molecule has 0 bridgehead atoms. The van der Waals surface area contributed by atoms with Crippen LogP contribution in [0.4, 0.5) is 0 Å². The summed E-state index contributed by atoms with van der Waals surface area (Å²) in [4.78, 5) is 14.1. The summed E-state index contributed by atoms with van der Waals surface area (Å²) in [5, 5.41) is 0. The van der Waals surface area contributed by atoms with E-state index in [0.29, 0.717) is 6.04 Å². The number of aromatic amines is 1. The van der Waals surface area contributed by atoms with Crippen LogP contribution in [-0.2, 0) is 6.54 Å². The molecule has 3 rings (SSSR count). The molecule has 0 radical (unpaired) electrons. The molecular weight excluding hydrogens is 226 g/mol. The van der Waals surface area contributed by atoms with E-state index in [4.69, 9.17) is 0 Å². The van der Waals surface area contributed by atoms with E-state index < -0.39 is 0 Å². The summed E-state index contributed by atoms with van der Waals surface area (Å²) in [5.41, 5.74) is 0.985. The number of piperidine rings is 1. The van der Waals surface area contributed by atoms with Gasteiger partial charge in [-0.1, -0.05) is 6.42 Å². The van der Waals surface area contributed by atoms with Crippen molar-refractivity contribution >= 4 is 0 Å². The molecule has 5 nitrogen and oxygen atoms in total. The highest BCUT2D eigenvalue weighted by Crippen LogP contribution is 2.20. The molecule has 1 aliphatic rings. The third-order valence-corrected chi connectivity index (χ3v) is 3.78. The second-order valence-electron chi connectivity index (χ2n) is 5.00. The summed E-state index contributed by atoms with van der Waals surface area (Å²) in [6.07, 6.45) is 11.4. The molecule has 1 fully saturated rings. The second kappa shape index (κ2) is 4.94. The standard InChI is InChI=1S/C13H19N5/c1-17-6-3-2-4-11(17)9-18-7-5-15-13(18)12-8-14-10-16-12/h5,7-8,10-11H,2-4,6,9H2,1H3,(H,14,16). The number of imidazole rings is 2. The van der Waals surface area contributed by atoms with Gasteiger partial charge in [0.05, 0.1) is 12.5 Å². The summed E-state index contributed by atoms with van der Waals surface area (Å²) in [6.45, 7) is 2.21. The van der Waals surface area contributed by atoms with Crippen molar-refractivity contribution in [2.75, 3.05) is 13.6 Å². The monoisotopic (exact) mass is 245 g/mol. The maximum Gasteiger partial charge on any atom is 0.158 e. The van der Waals surface area contributed by atoms with Crippen LogP contribution in [0.2, 0.25) is 0 Å². The lowest BCUT2D eigenvalue weighted by Gasteiger charge is -2.32. The van der Waals surface area contributed by atoms with Crippen molar-refractivity contribution in [2.45, 2.75) is 31.8 Å². The normalized spacial score (nSPS) is 21.3. The maximum atomic E-state index is 4.42. The molecule has 0 spiro atoms. The Balaban J connectivity index is 1.79. The third-order valence-electron chi connectivity index (χ3n) is 3.78. The molecule has 1 atom stereocenters. The van der Waals surface area contributed by atoms with Gasteiger partial charge in [-0.3, -0.25) is 0 Å². The first-order valence-electron chi connectivity index (χ1n) is 6.55. The van der Waals surface area contributed by atoms with Gasteiger partial charge in [-0.15, -0.1) is 0 Å². The summed E-state index contributed by atoms with van der Waals surface area (Å²) in [6, 6.07) is 0.620. The lowest BCUT2D eigenvalue weighted by molar-refractivity contribution is 0.168. The summed E-state index contributed by atoms with van der Waals surface area (Å²) >= 11 is 0. The van der Waals surface area contributed by atoms with Gasteiger partial charge < -0.3 is 14.5 Å². The molecule has 96 valence electrons. The molecule has 18 heavy (non-hydrogen) atoms. The molecule has 5 heteroatoms. The number of likely N-dealkylation sites (N-methyl/N-ethyl adjacent to an activating group) is 1. The molecule has 1 saturated heterocycles. The zero-order valence-electron chi connectivity index (χ0n) is 10.7. The van der Waals surface area contributed by atoms with Crippen LogP contribution < -0.4 is 0 Å². The van der Waals surface area contributed by atoms with E-state index in [1.54, 1.807) is 6.33 Å². The fourth-order valence-corrected chi connectivity index (χ4v) is 2.68. The van der Waals surface area contributed by atoms with Gasteiger partial charge in [-0.25, -0.2) is 9.97 Å². The molecule has 2 aromatic heterocycles. The fourth-order valence-electron chi connectivity index (χ4n) is 2.68. The minimum atomic E-state index is 0.620. The average molecular weight is 245 g/mol. The SMILES string of the molecule is CN1CCCCC1Cn1ccnc1-c1cnc[nH]1. The Morgan fingerprint density at radius 1 is 1.44 bits per heavy atom. The van der Waals surface area contributed by atoms with E-state index in [1.165, 1.54) is 25.8 Å². The first-order valence-corrected chi connectivity index (χ1v) is 6.55. The maximum absolute atomic E-state index is 4.42. The zero-order valence-corrected chi connectivity index (χ0v) is 10.7. The molecule has 1 aliphatic heterocycles. The van der Waals surface area contributed by atoms with Crippen LogP contribution in [0.1, 0.15) is 19.3 Å². The van der Waals surface area contributed by atoms with Crippen molar-refractivity contribution in [3.05, 3.63) is 24.9 Å². The zero-order chi connectivity index (χ0) is 12.4. The topological polar surface area (TPSA) is 49.7 Å². The predicted octanol–water partition coefficient (Wildman–Crippen LogP) is 1.76. The van der Waals surface area contributed by atoms with Crippen LogP contribution >= 0.6 is 0 Å². The number of likely N-dealkylation sites (tertiary alicyclic amines) is 1. The highest BCUT2D eigenvalue weighted by atomic mass is 15.2. The highest BCUT2D eigenvalue weighted by Gasteiger charge is 2.20. The fraction of sp³-hybridized carbons (Fsp3) is 0.538. The van der Waals surface area contributed by atoms with Gasteiger partial charge >= 0.3 is 0 Å². The first kappa shape index (κ1) is 11.5. The van der Waals surface area contributed by atoms with E-state index >= 15 is 0 Å². The van der Waals surface area contributed by atoms with E-state index in [0.717, 1.165) is 18.1 Å². The summed E-state index contributed by atoms with van der Waals surface area (Å²) < 4.78 is 2.22. The van der Waals surface area contributed by atoms with Crippen LogP contribution in [0.15, 0.2) is 24.9 Å². The largest absolute Gasteiger partial charge is 0.342 e. The van der Waals surface area contributed by atoms with Crippen LogP contribution in [0, 0.1) is 0 Å². The average Bonchev–Trinajstić information content (AvgIpc) is 3.02. The van der Waals surface area contributed by atoms with Crippen LogP contribution in [0.5, 0.6) is 0 Å². The van der Waals surface area contributed by atoms with Crippen LogP contribution in [0.25, 0.3) is 11.5 Å². The molecule has 2 aromatic rings. The Morgan fingerprint density at radius 2 is 2.39 bits per heavy atom. The first-order chi connectivity index (χ1) is 8.84. The third kappa shape index (κ3) is 2.18. The van der Waals surface area contributed by atoms with Crippen molar-refractivity contribution in [3.8, 4) is 11.5 Å². The van der Waals surface area contributed by atoms with Crippen molar-refractivity contribution < 1.29 is 0 Å². The van der Waals surface area contributed by atoms with Gasteiger partial charge in [0.15, 0.2) is 5.82 Å². The molecule has 1 N–H and O–H groups in total. The van der Waals surface area contributed by atoms with E-state index in [9.17, 15) is 0 Å². The van der Waals surface area contributed by atoms with Gasteiger partial charge in [0, 0.05) is 25.0 Å². The molecule has 3 heterocycles. The predicted molar refractivity (Wildman–Crippen MR) is 70.1 cm³/mol. The number of hydrogen-bond donors (Lipinski definition) is 1. The molecule has 0 amide bonds. The number of H-pyrrole nitrogens is 1. The van der Waals surface area contributed by atoms with Crippen LogP contribution in [-0.4, -0.2) is 44.1 Å². The number of nitrogens with zero attached hydrogens (tertiary/aromatic N) is 4. The number of hydrogen-bond acceptors (Lipinski definition) is 3. The highest BCUT2D eigenvalue weighted by molar-refractivity contribution is 5.47. The van der Waals surface area contributed by atoms with E-state index in [1.807, 2.05) is 12.4 Å². The van der Waals surface area contributed by atoms with Gasteiger partial charge in [0.1, 0.15) is 5.69 Å². The molecule has 0 aliphatic carbocycles. The molecule has 0 aromatic carbocycles. The van der Waals surface area contributed by atoms with Crippen molar-refractivity contribution in [3.63, 3.8) is 0 Å². The Morgan fingerprint density at radius 3 is 3.17 bits per heavy atom. The Bertz CT molecular complexity index is 487. The quantitative estimate of drug-likeness (QED) is 0.896. The Labute approximate surface area is 107 Å². The minimum Gasteiger partial charge on any atom is -0.342 e. The van der Waals surface area contributed by atoms with Crippen molar-refractivity contribution in [2.24, 2.45) is 0 Å². The lowest BCUT2D eigenvalue weighted by atomic mass is 10.0. The minimum absolute atomic E-state index is 0.620. The van der Waals surface area contributed by atoms with Gasteiger partial charge in [-0.05, 0) is 26.4 Å². The van der Waals surface area contributed by atoms with Gasteiger partial charge in [-0.2, -0.15) is 0 Å². The van der Waals surface area contributed by atoms with Crippen LogP contribution in [0.3, 0.4) is 0 Å². The molecule has 0 saturated carbocycles. The Hall–Kier alpha value is -1.62. The van der Waals surface area contributed by atoms with Crippen molar-refractivity contribution in [1.29, 1.82) is 0 Å².